The molecule has 1 amide bonds. The molecule has 0 aromatic rings. The highest BCUT2D eigenvalue weighted by atomic mass is 16.7. The molecule has 1 rings (SSSR count). The molecule has 6 heteroatoms. The third-order valence-electron chi connectivity index (χ3n) is 3.33. The largest absolute Gasteiger partial charge is 0.481 e. The summed E-state index contributed by atoms with van der Waals surface area (Å²) in [5, 5.41) is 11.9. The van der Waals surface area contributed by atoms with Crippen molar-refractivity contribution >= 4 is 11.9 Å². The summed E-state index contributed by atoms with van der Waals surface area (Å²) in [6.45, 7) is 1.75. The number of rotatable bonds is 6. The summed E-state index contributed by atoms with van der Waals surface area (Å²) >= 11 is 0. The number of hydrogen-bond acceptors (Lipinski definition) is 4. The van der Waals surface area contributed by atoms with Crippen LogP contribution >= 0.6 is 0 Å². The van der Waals surface area contributed by atoms with E-state index in [2.05, 4.69) is 5.32 Å². The number of carbonyl (C=O) groups excluding carboxylic acids is 1. The average molecular weight is 271 g/mol. The van der Waals surface area contributed by atoms with Crippen LogP contribution in [0.5, 0.6) is 0 Å². The molecule has 0 saturated carbocycles. The Morgan fingerprint density at radius 2 is 1.74 bits per heavy atom. The van der Waals surface area contributed by atoms with Gasteiger partial charge in [-0.1, -0.05) is 12.2 Å². The molecule has 108 valence electrons. The summed E-state index contributed by atoms with van der Waals surface area (Å²) < 4.78 is 10.1. The van der Waals surface area contributed by atoms with Crippen molar-refractivity contribution in [2.45, 2.75) is 32.1 Å². The number of ether oxygens (including phenoxy) is 2. The van der Waals surface area contributed by atoms with Crippen LogP contribution in [0.3, 0.4) is 0 Å². The number of carbonyl (C=O) groups is 2. The molecule has 1 aliphatic rings. The van der Waals surface area contributed by atoms with Crippen LogP contribution in [-0.2, 0) is 19.1 Å². The van der Waals surface area contributed by atoms with Gasteiger partial charge in [-0.05, 0) is 19.8 Å². The Hall–Kier alpha value is -1.40. The van der Waals surface area contributed by atoms with Crippen molar-refractivity contribution in [2.75, 3.05) is 14.2 Å². The Morgan fingerprint density at radius 1 is 1.21 bits per heavy atom. The normalized spacial score (nSPS) is 24.2. The zero-order valence-corrected chi connectivity index (χ0v) is 11.5. The number of hydrogen-bond donors (Lipinski definition) is 2. The van der Waals surface area contributed by atoms with Crippen LogP contribution in [0.25, 0.3) is 0 Å². The molecule has 0 bridgehead atoms. The van der Waals surface area contributed by atoms with Gasteiger partial charge in [-0.2, -0.15) is 0 Å². The molecule has 0 aromatic heterocycles. The van der Waals surface area contributed by atoms with E-state index < -0.39 is 24.1 Å². The first-order valence-electron chi connectivity index (χ1n) is 6.25. The molecular weight excluding hydrogens is 250 g/mol. The molecule has 2 N–H and O–H groups in total. The van der Waals surface area contributed by atoms with E-state index in [0.29, 0.717) is 12.8 Å². The van der Waals surface area contributed by atoms with E-state index >= 15 is 0 Å². The second-order valence-electron chi connectivity index (χ2n) is 4.63. The molecule has 0 aliphatic heterocycles. The number of aliphatic carboxylic acids is 1. The summed E-state index contributed by atoms with van der Waals surface area (Å²) in [5.74, 6) is -2.42. The fourth-order valence-corrected chi connectivity index (χ4v) is 2.28. The third kappa shape index (κ3) is 4.04. The Morgan fingerprint density at radius 3 is 2.21 bits per heavy atom. The molecular formula is C13H21NO5. The highest BCUT2D eigenvalue weighted by Gasteiger charge is 2.35. The van der Waals surface area contributed by atoms with Crippen LogP contribution in [0.2, 0.25) is 0 Å². The van der Waals surface area contributed by atoms with Gasteiger partial charge in [0.2, 0.25) is 5.91 Å². The van der Waals surface area contributed by atoms with Gasteiger partial charge in [0.05, 0.1) is 17.9 Å². The van der Waals surface area contributed by atoms with Crippen LogP contribution in [0, 0.1) is 11.8 Å². The van der Waals surface area contributed by atoms with Gasteiger partial charge in [-0.25, -0.2) is 0 Å². The second-order valence-corrected chi connectivity index (χ2v) is 4.63. The molecule has 1 aliphatic carbocycles. The Balaban J connectivity index is 2.65. The van der Waals surface area contributed by atoms with E-state index in [1.54, 1.807) is 13.0 Å². The van der Waals surface area contributed by atoms with E-state index in [-0.39, 0.29) is 11.9 Å². The zero-order valence-electron chi connectivity index (χ0n) is 11.5. The summed E-state index contributed by atoms with van der Waals surface area (Å²) in [4.78, 5) is 23.3. The highest BCUT2D eigenvalue weighted by molar-refractivity contribution is 5.85. The summed E-state index contributed by atoms with van der Waals surface area (Å²) in [7, 11) is 2.97. The Labute approximate surface area is 112 Å². The van der Waals surface area contributed by atoms with E-state index in [4.69, 9.17) is 14.6 Å². The van der Waals surface area contributed by atoms with Gasteiger partial charge in [-0.15, -0.1) is 0 Å². The lowest BCUT2D eigenvalue weighted by molar-refractivity contribution is -0.149. The van der Waals surface area contributed by atoms with Crippen molar-refractivity contribution in [1.82, 2.24) is 5.32 Å². The molecule has 0 fully saturated rings. The lowest BCUT2D eigenvalue weighted by Gasteiger charge is -2.28. The standard InChI is InChI=1S/C13H21NO5/c1-8(13(18-2)19-3)14-11(15)9-6-4-5-7-10(9)12(16)17/h4-5,8-10,13H,6-7H2,1-3H3,(H,14,15)(H,16,17)/t8?,9-,10+/m1/s1. The molecule has 3 atom stereocenters. The molecule has 0 saturated heterocycles. The van der Waals surface area contributed by atoms with Gasteiger partial charge in [0.15, 0.2) is 6.29 Å². The van der Waals surface area contributed by atoms with E-state index in [1.165, 1.54) is 14.2 Å². The van der Waals surface area contributed by atoms with Crippen LogP contribution in [0.1, 0.15) is 19.8 Å². The predicted molar refractivity (Wildman–Crippen MR) is 68.4 cm³/mol. The van der Waals surface area contributed by atoms with Gasteiger partial charge >= 0.3 is 5.97 Å². The van der Waals surface area contributed by atoms with E-state index in [9.17, 15) is 9.59 Å². The van der Waals surface area contributed by atoms with E-state index in [1.807, 2.05) is 6.08 Å². The van der Waals surface area contributed by atoms with Crippen LogP contribution in [0.4, 0.5) is 0 Å². The van der Waals surface area contributed by atoms with Gasteiger partial charge in [-0.3, -0.25) is 9.59 Å². The van der Waals surface area contributed by atoms with Gasteiger partial charge < -0.3 is 19.9 Å². The number of allylic oxidation sites excluding steroid dienone is 2. The third-order valence-corrected chi connectivity index (χ3v) is 3.33. The fourth-order valence-electron chi connectivity index (χ4n) is 2.28. The minimum atomic E-state index is -0.938. The van der Waals surface area contributed by atoms with Crippen molar-refractivity contribution in [3.05, 3.63) is 12.2 Å². The van der Waals surface area contributed by atoms with Crippen LogP contribution in [-0.4, -0.2) is 43.5 Å². The monoisotopic (exact) mass is 271 g/mol. The molecule has 0 aromatic carbocycles. The number of nitrogens with one attached hydrogen (secondary N) is 1. The fraction of sp³-hybridized carbons (Fsp3) is 0.692. The highest BCUT2D eigenvalue weighted by Crippen LogP contribution is 2.26. The summed E-state index contributed by atoms with van der Waals surface area (Å²) in [5.41, 5.74) is 0. The Bertz CT molecular complexity index is 351. The first-order chi connectivity index (χ1) is 9.01. The number of carboxylic acid groups (broad SMARTS) is 1. The SMILES string of the molecule is COC(OC)C(C)NC(=O)[C@@H]1CC=CC[C@@H]1C(=O)O. The summed E-state index contributed by atoms with van der Waals surface area (Å²) in [6.07, 6.45) is 3.93. The maximum atomic E-state index is 12.1. The predicted octanol–water partition coefficient (Wildman–Crippen LogP) is 0.777. The molecule has 19 heavy (non-hydrogen) atoms. The molecule has 0 spiro atoms. The molecule has 6 nitrogen and oxygen atoms in total. The van der Waals surface area contributed by atoms with Crippen LogP contribution < -0.4 is 5.32 Å². The maximum absolute atomic E-state index is 12.1. The lowest BCUT2D eigenvalue weighted by atomic mass is 9.82. The number of carboxylic acids is 1. The van der Waals surface area contributed by atoms with Crippen molar-refractivity contribution < 1.29 is 24.2 Å². The Kier molecular flexibility index (Phi) is 5.98. The van der Waals surface area contributed by atoms with E-state index in [0.717, 1.165) is 0 Å². The van der Waals surface area contributed by atoms with Crippen LogP contribution in [0.15, 0.2) is 12.2 Å². The first-order valence-corrected chi connectivity index (χ1v) is 6.25. The number of methoxy groups -OCH3 is 2. The van der Waals surface area contributed by atoms with Crippen molar-refractivity contribution in [1.29, 1.82) is 0 Å². The minimum absolute atomic E-state index is 0.275. The lowest BCUT2D eigenvalue weighted by Crippen LogP contribution is -2.47. The molecule has 1 unspecified atom stereocenters. The number of amides is 1. The minimum Gasteiger partial charge on any atom is -0.481 e. The smallest absolute Gasteiger partial charge is 0.307 e. The van der Waals surface area contributed by atoms with Gasteiger partial charge in [0.25, 0.3) is 0 Å². The topological polar surface area (TPSA) is 84.9 Å². The molecule has 0 heterocycles. The average Bonchev–Trinajstić information content (AvgIpc) is 2.40. The summed E-state index contributed by atoms with van der Waals surface area (Å²) in [6, 6.07) is -0.345. The van der Waals surface area contributed by atoms with Crippen molar-refractivity contribution in [3.63, 3.8) is 0 Å². The van der Waals surface area contributed by atoms with Gasteiger partial charge in [0, 0.05) is 14.2 Å². The first kappa shape index (κ1) is 15.7. The molecule has 0 radical (unpaired) electrons. The zero-order chi connectivity index (χ0) is 14.4. The van der Waals surface area contributed by atoms with Crippen molar-refractivity contribution in [3.8, 4) is 0 Å². The van der Waals surface area contributed by atoms with Crippen molar-refractivity contribution in [2.24, 2.45) is 11.8 Å². The van der Waals surface area contributed by atoms with Gasteiger partial charge in [0.1, 0.15) is 0 Å². The second kappa shape index (κ2) is 7.25. The quantitative estimate of drug-likeness (QED) is 0.551. The maximum Gasteiger partial charge on any atom is 0.307 e.